The van der Waals surface area contributed by atoms with Gasteiger partial charge in [0.1, 0.15) is 6.61 Å². The monoisotopic (exact) mass is 740 g/mol. The second-order valence-electron chi connectivity index (χ2n) is 13.0. The van der Waals surface area contributed by atoms with Crippen molar-refractivity contribution in [1.82, 2.24) is 0 Å². The van der Waals surface area contributed by atoms with Gasteiger partial charge in [0.15, 0.2) is 6.10 Å². The number of ether oxygens (including phenoxy) is 2. The van der Waals surface area contributed by atoms with Gasteiger partial charge in [-0.1, -0.05) is 140 Å². The first-order chi connectivity index (χ1) is 24.8. The molecule has 0 aliphatic carbocycles. The van der Waals surface area contributed by atoms with Crippen molar-refractivity contribution < 1.29 is 37.9 Å². The summed E-state index contributed by atoms with van der Waals surface area (Å²) in [4.78, 5) is 22.2. The number of allylic oxidation sites excluding steroid dienone is 8. The van der Waals surface area contributed by atoms with Crippen molar-refractivity contribution in [2.45, 2.75) is 167 Å². The molecule has 0 bridgehead atoms. The van der Waals surface area contributed by atoms with E-state index in [0.717, 1.165) is 57.8 Å². The van der Waals surface area contributed by atoms with E-state index in [1.54, 1.807) is 6.26 Å². The van der Waals surface area contributed by atoms with Gasteiger partial charge in [-0.15, -0.1) is 0 Å². The van der Waals surface area contributed by atoms with Crippen LogP contribution >= 0.6 is 7.82 Å². The number of hydrogen-bond acceptors (Lipinski definition) is 8. The van der Waals surface area contributed by atoms with Crippen molar-refractivity contribution in [1.29, 1.82) is 0 Å². The molecule has 0 saturated carbocycles. The van der Waals surface area contributed by atoms with E-state index in [-0.39, 0.29) is 44.9 Å². The summed E-state index contributed by atoms with van der Waals surface area (Å²) in [6, 6.07) is 0. The van der Waals surface area contributed by atoms with Crippen molar-refractivity contribution in [3.8, 4) is 0 Å². The Morgan fingerprint density at radius 1 is 0.686 bits per heavy atom. The molecule has 0 aromatic rings. The molecular formula is C41H74NO8P. The molecule has 0 fully saturated rings. The number of hydrogen-bond donors (Lipinski definition) is 3. The number of aliphatic hydroxyl groups is 1. The molecule has 0 saturated heterocycles. The molecule has 9 nitrogen and oxygen atoms in total. The summed E-state index contributed by atoms with van der Waals surface area (Å²) in [7, 11) is -4.28. The van der Waals surface area contributed by atoms with Crippen LogP contribution in [0.1, 0.15) is 155 Å². The minimum absolute atomic E-state index is 0.0857. The maximum Gasteiger partial charge on any atom is 0.472 e. The van der Waals surface area contributed by atoms with Crippen LogP contribution < -0.4 is 5.73 Å². The van der Waals surface area contributed by atoms with E-state index in [4.69, 9.17) is 24.3 Å². The Labute approximate surface area is 311 Å². The van der Waals surface area contributed by atoms with Gasteiger partial charge in [0.25, 0.3) is 0 Å². The molecule has 0 rings (SSSR count). The first-order valence-corrected chi connectivity index (χ1v) is 21.4. The van der Waals surface area contributed by atoms with E-state index in [0.29, 0.717) is 6.42 Å². The van der Waals surface area contributed by atoms with E-state index in [9.17, 15) is 19.4 Å². The number of nitrogens with two attached hydrogens (primary N) is 1. The second kappa shape index (κ2) is 37.7. The lowest BCUT2D eigenvalue weighted by Gasteiger charge is -2.19. The summed E-state index contributed by atoms with van der Waals surface area (Å²) in [5, 5.41) is 9.71. The minimum Gasteiger partial charge on any atom is -0.492 e. The molecule has 0 radical (unpaired) electrons. The largest absolute Gasteiger partial charge is 0.492 e. The van der Waals surface area contributed by atoms with Gasteiger partial charge in [0, 0.05) is 13.0 Å². The molecule has 51 heavy (non-hydrogen) atoms. The fourth-order valence-corrected chi connectivity index (χ4v) is 5.87. The van der Waals surface area contributed by atoms with Crippen LogP contribution in [0.4, 0.5) is 0 Å². The highest BCUT2D eigenvalue weighted by Crippen LogP contribution is 2.43. The summed E-state index contributed by atoms with van der Waals surface area (Å²) in [6.07, 6.45) is 42.6. The number of phosphoric ester groups is 1. The summed E-state index contributed by atoms with van der Waals surface area (Å²) in [6.45, 7) is 3.93. The molecule has 0 aromatic heterocycles. The summed E-state index contributed by atoms with van der Waals surface area (Å²) in [5.41, 5.74) is 5.35. The highest BCUT2D eigenvalue weighted by molar-refractivity contribution is 7.47. The van der Waals surface area contributed by atoms with Crippen LogP contribution in [-0.4, -0.2) is 54.5 Å². The summed E-state index contributed by atoms with van der Waals surface area (Å²) >= 11 is 0. The summed E-state index contributed by atoms with van der Waals surface area (Å²) in [5.74, 6) is -0.359. The van der Waals surface area contributed by atoms with Crippen LogP contribution in [0.25, 0.3) is 0 Å². The molecule has 0 spiro atoms. The Hall–Kier alpha value is -2.00. The minimum atomic E-state index is -4.28. The molecule has 0 aliphatic rings. The number of esters is 1. The van der Waals surface area contributed by atoms with E-state index in [2.05, 4.69) is 56.4 Å². The van der Waals surface area contributed by atoms with Gasteiger partial charge < -0.3 is 25.2 Å². The maximum absolute atomic E-state index is 12.3. The Kier molecular flexibility index (Phi) is 36.3. The quantitative estimate of drug-likeness (QED) is 0.0187. The number of carbonyl (C=O) groups is 1. The number of rotatable bonds is 37. The smallest absolute Gasteiger partial charge is 0.472 e. The topological polar surface area (TPSA) is 138 Å². The molecule has 296 valence electrons. The van der Waals surface area contributed by atoms with Gasteiger partial charge in [-0.2, -0.15) is 0 Å². The third-order valence-electron chi connectivity index (χ3n) is 8.08. The zero-order valence-electron chi connectivity index (χ0n) is 32.2. The van der Waals surface area contributed by atoms with Gasteiger partial charge in [-0.3, -0.25) is 13.8 Å². The van der Waals surface area contributed by atoms with Crippen molar-refractivity contribution in [3.05, 3.63) is 60.9 Å². The zero-order chi connectivity index (χ0) is 37.5. The van der Waals surface area contributed by atoms with Gasteiger partial charge >= 0.3 is 13.8 Å². The number of unbranched alkanes of at least 4 members (excludes halogenated alkanes) is 13. The fourth-order valence-electron chi connectivity index (χ4n) is 5.10. The van der Waals surface area contributed by atoms with Crippen LogP contribution in [0.3, 0.4) is 0 Å². The Bertz CT molecular complexity index is 981. The molecule has 2 unspecified atom stereocenters. The Balaban J connectivity index is 4.25. The predicted octanol–water partition coefficient (Wildman–Crippen LogP) is 10.7. The van der Waals surface area contributed by atoms with Crippen molar-refractivity contribution in [3.63, 3.8) is 0 Å². The normalized spacial score (nSPS) is 14.8. The van der Waals surface area contributed by atoms with Crippen LogP contribution in [0.2, 0.25) is 0 Å². The third kappa shape index (κ3) is 37.6. The van der Waals surface area contributed by atoms with Gasteiger partial charge in [-0.05, 0) is 63.9 Å². The molecule has 0 aromatic carbocycles. The Morgan fingerprint density at radius 2 is 1.24 bits per heavy atom. The Morgan fingerprint density at radius 3 is 1.82 bits per heavy atom. The van der Waals surface area contributed by atoms with Crippen molar-refractivity contribution in [2.75, 3.05) is 26.4 Å². The molecule has 10 heteroatoms. The van der Waals surface area contributed by atoms with E-state index >= 15 is 0 Å². The molecule has 3 atom stereocenters. The van der Waals surface area contributed by atoms with Gasteiger partial charge in [0.2, 0.25) is 0 Å². The van der Waals surface area contributed by atoms with Gasteiger partial charge in [-0.25, -0.2) is 4.57 Å². The van der Waals surface area contributed by atoms with Crippen LogP contribution in [0.15, 0.2) is 60.9 Å². The lowest BCUT2D eigenvalue weighted by atomic mass is 10.0. The van der Waals surface area contributed by atoms with Crippen LogP contribution in [0, 0.1) is 0 Å². The van der Waals surface area contributed by atoms with Gasteiger partial charge in [0.05, 0.1) is 25.6 Å². The van der Waals surface area contributed by atoms with Crippen LogP contribution in [-0.2, 0) is 27.9 Å². The van der Waals surface area contributed by atoms with E-state index in [1.807, 2.05) is 12.2 Å². The zero-order valence-corrected chi connectivity index (χ0v) is 33.1. The highest BCUT2D eigenvalue weighted by Gasteiger charge is 2.24. The molecular weight excluding hydrogens is 665 g/mol. The maximum atomic E-state index is 12.3. The lowest BCUT2D eigenvalue weighted by molar-refractivity contribution is -0.147. The predicted molar refractivity (Wildman–Crippen MR) is 211 cm³/mol. The molecule has 4 N–H and O–H groups in total. The highest BCUT2D eigenvalue weighted by atomic mass is 31.2. The third-order valence-corrected chi connectivity index (χ3v) is 9.07. The first kappa shape index (κ1) is 49.0. The summed E-state index contributed by atoms with van der Waals surface area (Å²) < 4.78 is 33.0. The standard InChI is InChI=1S/C41H74NO8P/c1-3-5-6-7-8-9-10-11-15-18-21-24-27-30-35-47-40(38-50-51(45,46)49-36-34-42)37-48-41(44)33-29-26-23-20-17-14-12-13-16-19-22-25-28-32-39(43)31-4-2/h12,14,16,19-20,23,25,28,30,35,39-40,43H,3-11,13,15,17-18,21-22,24,26-27,29,31-34,36-38,42H2,1-2H3,(H,45,46)/b14-12-,19-16-,23-20-,28-25-,35-30+/t39?,40-/m1/s1. The molecule has 0 amide bonds. The second-order valence-corrected chi connectivity index (χ2v) is 14.5. The number of carbonyl (C=O) groups excluding carboxylic acids is 1. The molecule has 0 heterocycles. The number of aliphatic hydroxyl groups excluding tert-OH is 1. The fraction of sp³-hybridized carbons (Fsp3) is 0.732. The SMILES string of the molecule is CCCCCCCCCCCCCC/C=C/O[C@H](COC(=O)CCC/C=C\C/C=C\C/C=C\C/C=C\CC(O)CCC)COP(=O)(O)OCCN. The molecule has 0 aliphatic heterocycles. The number of phosphoric acid groups is 1. The van der Waals surface area contributed by atoms with E-state index < -0.39 is 13.9 Å². The lowest BCUT2D eigenvalue weighted by Crippen LogP contribution is -2.25. The van der Waals surface area contributed by atoms with E-state index in [1.165, 1.54) is 70.6 Å². The van der Waals surface area contributed by atoms with Crippen molar-refractivity contribution >= 4 is 13.8 Å². The van der Waals surface area contributed by atoms with Crippen LogP contribution in [0.5, 0.6) is 0 Å². The first-order valence-electron chi connectivity index (χ1n) is 19.9. The van der Waals surface area contributed by atoms with Crippen molar-refractivity contribution in [2.24, 2.45) is 5.73 Å². The average Bonchev–Trinajstić information content (AvgIpc) is 3.11. The average molecular weight is 740 g/mol.